The third-order valence-electron chi connectivity index (χ3n) is 3.62. The molecule has 0 aromatic carbocycles. The Balaban J connectivity index is 1.56. The number of epoxide rings is 1. The number of rotatable bonds is 7. The molecule has 0 aliphatic carbocycles. The van der Waals surface area contributed by atoms with Crippen LogP contribution in [0.4, 0.5) is 0 Å². The molecule has 0 amide bonds. The van der Waals surface area contributed by atoms with Crippen LogP contribution < -0.4 is 0 Å². The van der Waals surface area contributed by atoms with E-state index < -0.39 is 18.0 Å². The maximum atomic E-state index is 11.6. The zero-order chi connectivity index (χ0) is 16.3. The number of aliphatic hydroxyl groups excluding tert-OH is 1. The van der Waals surface area contributed by atoms with E-state index in [2.05, 4.69) is 0 Å². The second-order valence-electron chi connectivity index (χ2n) is 7.13. The van der Waals surface area contributed by atoms with Gasteiger partial charge in [0.1, 0.15) is 17.8 Å². The minimum atomic E-state index is -0.632. The number of hydrogen-bond donors (Lipinski definition) is 1. The van der Waals surface area contributed by atoms with Gasteiger partial charge in [-0.05, 0) is 40.5 Å². The quantitative estimate of drug-likeness (QED) is 0.440. The highest BCUT2D eigenvalue weighted by Crippen LogP contribution is 2.36. The van der Waals surface area contributed by atoms with E-state index in [1.807, 2.05) is 27.7 Å². The lowest BCUT2D eigenvalue weighted by atomic mass is 10.1. The Labute approximate surface area is 132 Å². The minimum absolute atomic E-state index is 0.0337. The van der Waals surface area contributed by atoms with Crippen LogP contribution in [0.25, 0.3) is 0 Å². The van der Waals surface area contributed by atoms with Crippen LogP contribution in [-0.4, -0.2) is 47.6 Å². The van der Waals surface area contributed by atoms with E-state index in [1.165, 1.54) is 0 Å². The Kier molecular flexibility index (Phi) is 5.82. The van der Waals surface area contributed by atoms with Gasteiger partial charge in [-0.3, -0.25) is 4.79 Å². The van der Waals surface area contributed by atoms with Crippen LogP contribution in [0.1, 0.15) is 59.8 Å². The molecule has 2 aliphatic heterocycles. The van der Waals surface area contributed by atoms with E-state index in [0.29, 0.717) is 12.8 Å². The van der Waals surface area contributed by atoms with Gasteiger partial charge in [-0.25, -0.2) is 0 Å². The summed E-state index contributed by atoms with van der Waals surface area (Å²) < 4.78 is 21.7. The molecule has 6 heteroatoms. The van der Waals surface area contributed by atoms with Crippen molar-refractivity contribution in [3.63, 3.8) is 0 Å². The summed E-state index contributed by atoms with van der Waals surface area (Å²) in [6.45, 7) is 7.54. The first-order chi connectivity index (χ1) is 10.2. The van der Waals surface area contributed by atoms with Crippen molar-refractivity contribution in [1.29, 1.82) is 0 Å². The van der Waals surface area contributed by atoms with Crippen molar-refractivity contribution in [2.45, 2.75) is 96.3 Å². The highest BCUT2D eigenvalue weighted by molar-refractivity contribution is 5.69. The minimum Gasteiger partial charge on any atom is -0.460 e. The van der Waals surface area contributed by atoms with Crippen molar-refractivity contribution in [3.05, 3.63) is 0 Å². The zero-order valence-corrected chi connectivity index (χ0v) is 13.9. The molecule has 2 rings (SSSR count). The van der Waals surface area contributed by atoms with Crippen molar-refractivity contribution < 1.29 is 28.8 Å². The van der Waals surface area contributed by atoms with Gasteiger partial charge in [0.05, 0.1) is 6.10 Å². The molecule has 2 aliphatic rings. The summed E-state index contributed by atoms with van der Waals surface area (Å²) in [5.41, 5.74) is -0.426. The SMILES string of the molecule is C[C@H](CCCCC(=O)OC(C)(C)C)OC1OC2O[C@@H]2C[C@@H]1O. The molecule has 6 nitrogen and oxygen atoms in total. The fourth-order valence-electron chi connectivity index (χ4n) is 2.50. The molecule has 0 aromatic rings. The van der Waals surface area contributed by atoms with Crippen molar-refractivity contribution in [2.75, 3.05) is 0 Å². The monoisotopic (exact) mass is 316 g/mol. The molecule has 1 N–H and O–H groups in total. The molecule has 2 fully saturated rings. The molecule has 0 aromatic heterocycles. The summed E-state index contributed by atoms with van der Waals surface area (Å²) in [7, 11) is 0. The molecule has 0 radical (unpaired) electrons. The maximum Gasteiger partial charge on any atom is 0.306 e. The van der Waals surface area contributed by atoms with Crippen molar-refractivity contribution in [3.8, 4) is 0 Å². The second kappa shape index (κ2) is 7.25. The van der Waals surface area contributed by atoms with Gasteiger partial charge in [0, 0.05) is 12.8 Å². The summed E-state index contributed by atoms with van der Waals surface area (Å²) in [6, 6.07) is 0. The number of hydrogen-bond acceptors (Lipinski definition) is 6. The van der Waals surface area contributed by atoms with Crippen LogP contribution in [0.15, 0.2) is 0 Å². The summed E-state index contributed by atoms with van der Waals surface area (Å²) in [4.78, 5) is 11.6. The van der Waals surface area contributed by atoms with E-state index in [4.69, 9.17) is 18.9 Å². The molecule has 0 spiro atoms. The largest absolute Gasteiger partial charge is 0.460 e. The lowest BCUT2D eigenvalue weighted by Crippen LogP contribution is -2.40. The van der Waals surface area contributed by atoms with E-state index in [1.54, 1.807) is 0 Å². The molecular weight excluding hydrogens is 288 g/mol. The Morgan fingerprint density at radius 1 is 1.32 bits per heavy atom. The highest BCUT2D eigenvalue weighted by atomic mass is 16.8. The highest BCUT2D eigenvalue weighted by Gasteiger charge is 2.50. The van der Waals surface area contributed by atoms with Gasteiger partial charge in [0.25, 0.3) is 0 Å². The smallest absolute Gasteiger partial charge is 0.306 e. The average Bonchev–Trinajstić information content (AvgIpc) is 3.10. The van der Waals surface area contributed by atoms with E-state index in [0.717, 1.165) is 19.3 Å². The van der Waals surface area contributed by atoms with E-state index >= 15 is 0 Å². The molecular formula is C16H28O6. The number of carbonyl (C=O) groups excluding carboxylic acids is 1. The molecule has 5 atom stereocenters. The Hall–Kier alpha value is -0.690. The first-order valence-corrected chi connectivity index (χ1v) is 8.11. The average molecular weight is 316 g/mol. The van der Waals surface area contributed by atoms with Crippen LogP contribution in [0.3, 0.4) is 0 Å². The lowest BCUT2D eigenvalue weighted by molar-refractivity contribution is -0.239. The molecule has 128 valence electrons. The second-order valence-corrected chi connectivity index (χ2v) is 7.13. The predicted molar refractivity (Wildman–Crippen MR) is 79.0 cm³/mol. The maximum absolute atomic E-state index is 11.6. The molecule has 2 saturated heterocycles. The Morgan fingerprint density at radius 3 is 2.73 bits per heavy atom. The van der Waals surface area contributed by atoms with Crippen molar-refractivity contribution >= 4 is 5.97 Å². The molecule has 2 heterocycles. The fourth-order valence-corrected chi connectivity index (χ4v) is 2.50. The third kappa shape index (κ3) is 5.83. The van der Waals surface area contributed by atoms with Gasteiger partial charge < -0.3 is 24.1 Å². The van der Waals surface area contributed by atoms with Crippen LogP contribution in [0, 0.1) is 0 Å². The first kappa shape index (κ1) is 17.7. The number of esters is 1. The van der Waals surface area contributed by atoms with Crippen LogP contribution in [0.2, 0.25) is 0 Å². The van der Waals surface area contributed by atoms with Gasteiger partial charge >= 0.3 is 5.97 Å². The van der Waals surface area contributed by atoms with Crippen LogP contribution >= 0.6 is 0 Å². The zero-order valence-electron chi connectivity index (χ0n) is 13.9. The number of carbonyl (C=O) groups is 1. The molecule has 0 bridgehead atoms. The van der Waals surface area contributed by atoms with Crippen molar-refractivity contribution in [1.82, 2.24) is 0 Å². The van der Waals surface area contributed by atoms with Crippen molar-refractivity contribution in [2.24, 2.45) is 0 Å². The molecule has 22 heavy (non-hydrogen) atoms. The summed E-state index contributed by atoms with van der Waals surface area (Å²) in [6.07, 6.45) is 2.00. The summed E-state index contributed by atoms with van der Waals surface area (Å²) in [5, 5.41) is 9.88. The summed E-state index contributed by atoms with van der Waals surface area (Å²) in [5.74, 6) is -0.163. The first-order valence-electron chi connectivity index (χ1n) is 8.11. The number of ether oxygens (including phenoxy) is 4. The molecule has 2 unspecified atom stereocenters. The Bertz CT molecular complexity index is 377. The molecule has 0 saturated carbocycles. The van der Waals surface area contributed by atoms with Gasteiger partial charge in [-0.1, -0.05) is 6.42 Å². The lowest BCUT2D eigenvalue weighted by Gasteiger charge is -2.28. The summed E-state index contributed by atoms with van der Waals surface area (Å²) >= 11 is 0. The predicted octanol–water partition coefficient (Wildman–Crippen LogP) is 2.13. The standard InChI is InChI=1S/C16H28O6/c1-10(7-5-6-8-13(18)22-16(2,3)4)19-14-11(17)9-12-15(20-12)21-14/h10-12,14-15,17H,5-9H2,1-4H3/t10-,11+,12-,14?,15?/m1/s1. The van der Waals surface area contributed by atoms with E-state index in [-0.39, 0.29) is 24.5 Å². The normalized spacial score (nSPS) is 32.2. The topological polar surface area (TPSA) is 77.5 Å². The third-order valence-corrected chi connectivity index (χ3v) is 3.62. The van der Waals surface area contributed by atoms with Crippen LogP contribution in [0.5, 0.6) is 0 Å². The van der Waals surface area contributed by atoms with Crippen LogP contribution in [-0.2, 0) is 23.7 Å². The van der Waals surface area contributed by atoms with Gasteiger partial charge in [-0.15, -0.1) is 0 Å². The number of aliphatic hydroxyl groups is 1. The van der Waals surface area contributed by atoms with Gasteiger partial charge in [-0.2, -0.15) is 0 Å². The Morgan fingerprint density at radius 2 is 2.05 bits per heavy atom. The van der Waals surface area contributed by atoms with Gasteiger partial charge in [0.15, 0.2) is 12.6 Å². The number of fused-ring (bicyclic) bond motifs is 1. The fraction of sp³-hybridized carbons (Fsp3) is 0.938. The number of unbranched alkanes of at least 4 members (excludes halogenated alkanes) is 1. The van der Waals surface area contributed by atoms with E-state index in [9.17, 15) is 9.90 Å². The van der Waals surface area contributed by atoms with Gasteiger partial charge in [0.2, 0.25) is 0 Å².